The number of nitrogens with zero attached hydrogens (tertiary/aromatic N) is 5. The minimum Gasteiger partial charge on any atom is -0.354 e. The second-order valence-electron chi connectivity index (χ2n) is 6.60. The Morgan fingerprint density at radius 1 is 1.28 bits per heavy atom. The molecule has 2 aromatic heterocycles. The van der Waals surface area contributed by atoms with Crippen molar-refractivity contribution in [1.82, 2.24) is 25.2 Å². The largest absolute Gasteiger partial charge is 0.354 e. The van der Waals surface area contributed by atoms with Gasteiger partial charge in [-0.05, 0) is 31.9 Å². The molecule has 0 aromatic carbocycles. The first-order chi connectivity index (χ1) is 12.2. The summed E-state index contributed by atoms with van der Waals surface area (Å²) in [4.78, 5) is 29.7. The first-order valence-corrected chi connectivity index (χ1v) is 8.76. The molecule has 0 radical (unpaired) electrons. The van der Waals surface area contributed by atoms with Crippen molar-refractivity contribution in [3.05, 3.63) is 36.3 Å². The fourth-order valence-corrected chi connectivity index (χ4v) is 3.59. The molecule has 1 unspecified atom stereocenters. The minimum absolute atomic E-state index is 0.0572. The Balaban J connectivity index is 1.58. The normalized spacial score (nSPS) is 20.7. The van der Waals surface area contributed by atoms with Gasteiger partial charge in [-0.15, -0.1) is 0 Å². The summed E-state index contributed by atoms with van der Waals surface area (Å²) in [6.45, 7) is 5.29. The highest BCUT2D eigenvalue weighted by atomic mass is 16.2. The molecule has 2 amide bonds. The summed E-state index contributed by atoms with van der Waals surface area (Å²) in [5.41, 5.74) is 1.85. The molecule has 1 N–H and O–H groups in total. The molecule has 2 aliphatic heterocycles. The van der Waals surface area contributed by atoms with Crippen LogP contribution >= 0.6 is 0 Å². The van der Waals surface area contributed by atoms with E-state index in [1.807, 2.05) is 30.0 Å². The monoisotopic (exact) mass is 338 g/mol. The maximum Gasteiger partial charge on any atom is 0.317 e. The van der Waals surface area contributed by atoms with Crippen LogP contribution in [0.4, 0.5) is 10.6 Å². The molecule has 130 valence electrons. The smallest absolute Gasteiger partial charge is 0.317 e. The van der Waals surface area contributed by atoms with Crippen LogP contribution in [0, 0.1) is 6.92 Å². The van der Waals surface area contributed by atoms with E-state index >= 15 is 0 Å². The first kappa shape index (κ1) is 15.8. The van der Waals surface area contributed by atoms with E-state index < -0.39 is 0 Å². The van der Waals surface area contributed by atoms with E-state index in [2.05, 4.69) is 20.2 Å². The van der Waals surface area contributed by atoms with Crippen LogP contribution in [0.2, 0.25) is 0 Å². The number of carbonyl (C=O) groups is 1. The van der Waals surface area contributed by atoms with E-state index in [-0.39, 0.29) is 12.1 Å². The SMILES string of the molecule is Cc1cc(N2CCCC(N3CCNC3=O)C2)nc(-c2cccnc2)n1. The van der Waals surface area contributed by atoms with Crippen LogP contribution in [0.1, 0.15) is 18.5 Å². The second kappa shape index (κ2) is 6.66. The number of carbonyl (C=O) groups excluding carboxylic acids is 1. The molecule has 2 saturated heterocycles. The van der Waals surface area contributed by atoms with Crippen molar-refractivity contribution >= 4 is 11.8 Å². The van der Waals surface area contributed by atoms with Crippen molar-refractivity contribution < 1.29 is 4.79 Å². The number of amides is 2. The lowest BCUT2D eigenvalue weighted by atomic mass is 10.0. The van der Waals surface area contributed by atoms with Crippen molar-refractivity contribution in [2.75, 3.05) is 31.1 Å². The number of rotatable bonds is 3. The molecule has 0 aliphatic carbocycles. The van der Waals surface area contributed by atoms with Gasteiger partial charge in [-0.3, -0.25) is 4.98 Å². The molecule has 2 aromatic rings. The van der Waals surface area contributed by atoms with Gasteiger partial charge < -0.3 is 15.1 Å². The molecule has 0 bridgehead atoms. The predicted molar refractivity (Wildman–Crippen MR) is 95.3 cm³/mol. The van der Waals surface area contributed by atoms with Gasteiger partial charge in [0.25, 0.3) is 0 Å². The molecule has 2 aliphatic rings. The van der Waals surface area contributed by atoms with Gasteiger partial charge >= 0.3 is 6.03 Å². The third kappa shape index (κ3) is 3.26. The molecule has 7 nitrogen and oxygen atoms in total. The number of hydrogen-bond acceptors (Lipinski definition) is 5. The van der Waals surface area contributed by atoms with Crippen LogP contribution in [0.25, 0.3) is 11.4 Å². The average Bonchev–Trinajstić information content (AvgIpc) is 3.08. The summed E-state index contributed by atoms with van der Waals surface area (Å²) in [5.74, 6) is 1.62. The third-order valence-electron chi connectivity index (χ3n) is 4.81. The Morgan fingerprint density at radius 3 is 2.96 bits per heavy atom. The number of urea groups is 1. The molecule has 1 atom stereocenters. The summed E-state index contributed by atoms with van der Waals surface area (Å²) < 4.78 is 0. The Labute approximate surface area is 147 Å². The Morgan fingerprint density at radius 2 is 2.20 bits per heavy atom. The van der Waals surface area contributed by atoms with Gasteiger partial charge in [0.1, 0.15) is 5.82 Å². The van der Waals surface area contributed by atoms with E-state index in [0.29, 0.717) is 5.82 Å². The molecule has 2 fully saturated rings. The molecular formula is C18H22N6O. The summed E-state index contributed by atoms with van der Waals surface area (Å²) in [7, 11) is 0. The summed E-state index contributed by atoms with van der Waals surface area (Å²) >= 11 is 0. The van der Waals surface area contributed by atoms with Crippen molar-refractivity contribution in [3.8, 4) is 11.4 Å². The highest BCUT2D eigenvalue weighted by Crippen LogP contribution is 2.24. The number of hydrogen-bond donors (Lipinski definition) is 1. The maximum atomic E-state index is 12.0. The van der Waals surface area contributed by atoms with E-state index in [9.17, 15) is 4.79 Å². The Hall–Kier alpha value is -2.70. The number of anilines is 1. The van der Waals surface area contributed by atoms with Crippen molar-refractivity contribution in [2.45, 2.75) is 25.8 Å². The van der Waals surface area contributed by atoms with Crippen LogP contribution in [0.3, 0.4) is 0 Å². The highest BCUT2D eigenvalue weighted by Gasteiger charge is 2.31. The number of aryl methyl sites for hydroxylation is 1. The number of pyridine rings is 1. The standard InChI is InChI=1S/C18H22N6O/c1-13-10-16(22-17(21-13)14-4-2-6-19-11-14)23-8-3-5-15(12-23)24-9-7-20-18(24)25/h2,4,6,10-11,15H,3,5,7-9,12H2,1H3,(H,20,25). The summed E-state index contributed by atoms with van der Waals surface area (Å²) in [6, 6.07) is 6.19. The fourth-order valence-electron chi connectivity index (χ4n) is 3.59. The van der Waals surface area contributed by atoms with Crippen LogP contribution in [0.15, 0.2) is 30.6 Å². The zero-order valence-electron chi connectivity index (χ0n) is 14.4. The average molecular weight is 338 g/mol. The van der Waals surface area contributed by atoms with E-state index in [4.69, 9.17) is 4.98 Å². The minimum atomic E-state index is 0.0572. The lowest BCUT2D eigenvalue weighted by Crippen LogP contribution is -2.49. The van der Waals surface area contributed by atoms with Gasteiger partial charge in [0.2, 0.25) is 0 Å². The van der Waals surface area contributed by atoms with Crippen molar-refractivity contribution in [3.63, 3.8) is 0 Å². The highest BCUT2D eigenvalue weighted by molar-refractivity contribution is 5.76. The van der Waals surface area contributed by atoms with Gasteiger partial charge in [-0.25, -0.2) is 14.8 Å². The molecule has 25 heavy (non-hydrogen) atoms. The first-order valence-electron chi connectivity index (χ1n) is 8.76. The van der Waals surface area contributed by atoms with Crippen LogP contribution in [0.5, 0.6) is 0 Å². The van der Waals surface area contributed by atoms with Crippen LogP contribution < -0.4 is 10.2 Å². The molecule has 0 spiro atoms. The molecule has 0 saturated carbocycles. The van der Waals surface area contributed by atoms with Crippen molar-refractivity contribution in [2.24, 2.45) is 0 Å². The Bertz CT molecular complexity index is 765. The molecule has 4 rings (SSSR count). The molecule has 4 heterocycles. The van der Waals surface area contributed by atoms with Gasteiger partial charge in [-0.1, -0.05) is 0 Å². The quantitative estimate of drug-likeness (QED) is 0.924. The van der Waals surface area contributed by atoms with Crippen molar-refractivity contribution in [1.29, 1.82) is 0 Å². The fraction of sp³-hybridized carbons (Fsp3) is 0.444. The number of nitrogens with one attached hydrogen (secondary N) is 1. The number of aromatic nitrogens is 3. The van der Waals surface area contributed by atoms with Gasteiger partial charge in [0.05, 0.1) is 6.04 Å². The predicted octanol–water partition coefficient (Wildman–Crippen LogP) is 1.84. The molecule has 7 heteroatoms. The lowest BCUT2D eigenvalue weighted by Gasteiger charge is -2.37. The van der Waals surface area contributed by atoms with E-state index in [1.165, 1.54) is 0 Å². The zero-order valence-corrected chi connectivity index (χ0v) is 14.4. The summed E-state index contributed by atoms with van der Waals surface area (Å²) in [6.07, 6.45) is 5.63. The lowest BCUT2D eigenvalue weighted by molar-refractivity contribution is 0.189. The van der Waals surface area contributed by atoms with Gasteiger partial charge in [0.15, 0.2) is 5.82 Å². The van der Waals surface area contributed by atoms with E-state index in [1.54, 1.807) is 12.4 Å². The van der Waals surface area contributed by atoms with Crippen LogP contribution in [-0.4, -0.2) is 58.1 Å². The summed E-state index contributed by atoms with van der Waals surface area (Å²) in [5, 5.41) is 2.90. The topological polar surface area (TPSA) is 74.2 Å². The number of piperidine rings is 1. The second-order valence-corrected chi connectivity index (χ2v) is 6.60. The van der Waals surface area contributed by atoms with Gasteiger partial charge in [-0.2, -0.15) is 0 Å². The third-order valence-corrected chi connectivity index (χ3v) is 4.81. The van der Waals surface area contributed by atoms with Crippen LogP contribution in [-0.2, 0) is 0 Å². The zero-order chi connectivity index (χ0) is 17.2. The Kier molecular flexibility index (Phi) is 4.21. The maximum absolute atomic E-state index is 12.0. The van der Waals surface area contributed by atoms with E-state index in [0.717, 1.165) is 56.1 Å². The van der Waals surface area contributed by atoms with Gasteiger partial charge in [0, 0.05) is 55.9 Å². The molecular weight excluding hydrogens is 316 g/mol.